The average molecular weight is 469 g/mol. The maximum Gasteiger partial charge on any atom is 0.240 e. The smallest absolute Gasteiger partial charge is 0.240 e. The molecule has 2 aromatic carbocycles. The highest BCUT2D eigenvalue weighted by molar-refractivity contribution is 7.89. The highest BCUT2D eigenvalue weighted by Crippen LogP contribution is 2.24. The lowest BCUT2D eigenvalue weighted by Crippen LogP contribution is -2.18. The van der Waals surface area contributed by atoms with Crippen molar-refractivity contribution in [1.29, 1.82) is 0 Å². The minimum absolute atomic E-state index is 0.0314. The summed E-state index contributed by atoms with van der Waals surface area (Å²) in [6.07, 6.45) is 4.63. The van der Waals surface area contributed by atoms with E-state index in [0.29, 0.717) is 22.0 Å². The molecule has 0 aliphatic carbocycles. The monoisotopic (exact) mass is 468 g/mol. The maximum atomic E-state index is 12.4. The van der Waals surface area contributed by atoms with E-state index >= 15 is 0 Å². The third kappa shape index (κ3) is 4.83. The number of benzene rings is 2. The van der Waals surface area contributed by atoms with Gasteiger partial charge in [0.1, 0.15) is 11.2 Å². The molecule has 162 valence electrons. The number of nitrogens with one attached hydrogen (secondary N) is 1. The second-order valence-corrected chi connectivity index (χ2v) is 8.74. The van der Waals surface area contributed by atoms with Gasteiger partial charge >= 0.3 is 0 Å². The minimum atomic E-state index is -4.13. The first kappa shape index (κ1) is 21.6. The Hall–Kier alpha value is -3.60. The van der Waals surface area contributed by atoms with E-state index in [2.05, 4.69) is 20.4 Å². The number of sulfonamides is 1. The van der Waals surface area contributed by atoms with Crippen LogP contribution in [0.25, 0.3) is 17.1 Å². The van der Waals surface area contributed by atoms with Crippen molar-refractivity contribution < 1.29 is 13.2 Å². The van der Waals surface area contributed by atoms with E-state index in [-0.39, 0.29) is 28.6 Å². The predicted molar refractivity (Wildman–Crippen MR) is 120 cm³/mol. The van der Waals surface area contributed by atoms with E-state index in [1.807, 2.05) is 0 Å². The normalized spacial score (nSPS) is 11.3. The van der Waals surface area contributed by atoms with Crippen LogP contribution < -0.4 is 10.5 Å². The molecule has 0 fully saturated rings. The summed E-state index contributed by atoms with van der Waals surface area (Å²) in [5.74, 6) is 0.0152. The van der Waals surface area contributed by atoms with Crippen molar-refractivity contribution in [3.05, 3.63) is 83.9 Å². The van der Waals surface area contributed by atoms with Crippen molar-refractivity contribution in [2.75, 3.05) is 5.32 Å². The first-order chi connectivity index (χ1) is 15.3. The molecule has 32 heavy (non-hydrogen) atoms. The predicted octanol–water partition coefficient (Wildman–Crippen LogP) is 2.81. The molecule has 0 aliphatic heterocycles. The van der Waals surface area contributed by atoms with Crippen molar-refractivity contribution in [3.63, 3.8) is 0 Å². The second-order valence-electron chi connectivity index (χ2n) is 6.80. The number of nitrogens with two attached hydrogens (primary N) is 1. The van der Waals surface area contributed by atoms with Crippen LogP contribution in [-0.4, -0.2) is 34.1 Å². The van der Waals surface area contributed by atoms with E-state index < -0.39 is 10.0 Å². The van der Waals surface area contributed by atoms with Gasteiger partial charge in [0.15, 0.2) is 5.82 Å². The molecule has 3 N–H and O–H groups in total. The van der Waals surface area contributed by atoms with Crippen LogP contribution in [0.1, 0.15) is 5.56 Å². The Morgan fingerprint density at radius 3 is 2.66 bits per heavy atom. The SMILES string of the molecule is NS(=O)(=O)c1cc(NC(=O)Cc2ccccc2Cl)ccc1-n1cnc(-c2cccnc2)n1. The number of carbonyl (C=O) groups is 1. The van der Waals surface area contributed by atoms with Crippen LogP contribution in [0.2, 0.25) is 5.02 Å². The zero-order valence-electron chi connectivity index (χ0n) is 16.5. The molecule has 0 unspecified atom stereocenters. The Bertz CT molecular complexity index is 1390. The number of rotatable bonds is 6. The first-order valence-corrected chi connectivity index (χ1v) is 11.3. The summed E-state index contributed by atoms with van der Waals surface area (Å²) in [4.78, 5) is 20.4. The largest absolute Gasteiger partial charge is 0.326 e. The Morgan fingerprint density at radius 2 is 1.94 bits per heavy atom. The van der Waals surface area contributed by atoms with E-state index in [1.165, 1.54) is 23.1 Å². The molecule has 0 spiro atoms. The summed E-state index contributed by atoms with van der Waals surface area (Å²) in [6.45, 7) is 0. The molecular formula is C21H17ClN6O3S. The molecular weight excluding hydrogens is 452 g/mol. The van der Waals surface area contributed by atoms with Crippen molar-refractivity contribution in [1.82, 2.24) is 19.7 Å². The summed E-state index contributed by atoms with van der Waals surface area (Å²) in [6, 6.07) is 14.8. The number of hydrogen-bond acceptors (Lipinski definition) is 6. The molecule has 11 heteroatoms. The fourth-order valence-corrected chi connectivity index (χ4v) is 3.98. The number of anilines is 1. The molecule has 0 radical (unpaired) electrons. The van der Waals surface area contributed by atoms with Crippen LogP contribution in [0.4, 0.5) is 5.69 Å². The number of carbonyl (C=O) groups excluding carboxylic acids is 1. The molecule has 0 saturated carbocycles. The van der Waals surface area contributed by atoms with Crippen molar-refractivity contribution in [2.45, 2.75) is 11.3 Å². The maximum absolute atomic E-state index is 12.4. The van der Waals surface area contributed by atoms with E-state index in [4.69, 9.17) is 16.7 Å². The van der Waals surface area contributed by atoms with Crippen LogP contribution in [0.15, 0.2) is 78.2 Å². The standard InChI is InChI=1S/C21H17ClN6O3S/c22-17-6-2-1-4-14(17)10-20(29)26-16-7-8-18(19(11-16)32(23,30)31)28-13-25-21(27-28)15-5-3-9-24-12-15/h1-9,11-13H,10H2,(H,26,29)(H2,23,30,31). The summed E-state index contributed by atoms with van der Waals surface area (Å²) in [7, 11) is -4.13. The van der Waals surface area contributed by atoms with Crippen LogP contribution in [0, 0.1) is 0 Å². The molecule has 0 aliphatic rings. The number of primary sulfonamides is 1. The Kier molecular flexibility index (Phi) is 5.99. The molecule has 4 aromatic rings. The quantitative estimate of drug-likeness (QED) is 0.447. The zero-order valence-corrected chi connectivity index (χ0v) is 18.1. The third-order valence-corrected chi connectivity index (χ3v) is 5.83. The van der Waals surface area contributed by atoms with Gasteiger partial charge in [0.25, 0.3) is 0 Å². The third-order valence-electron chi connectivity index (χ3n) is 4.52. The van der Waals surface area contributed by atoms with Gasteiger partial charge in [-0.3, -0.25) is 9.78 Å². The summed E-state index contributed by atoms with van der Waals surface area (Å²) in [5.41, 5.74) is 1.79. The molecule has 1 amide bonds. The molecule has 4 rings (SSSR count). The van der Waals surface area contributed by atoms with Gasteiger partial charge in [0, 0.05) is 28.7 Å². The number of pyridine rings is 1. The van der Waals surface area contributed by atoms with E-state index in [1.54, 1.807) is 54.9 Å². The van der Waals surface area contributed by atoms with Gasteiger partial charge in [0.2, 0.25) is 15.9 Å². The molecule has 2 aromatic heterocycles. The van der Waals surface area contributed by atoms with E-state index in [0.717, 1.165) is 0 Å². The van der Waals surface area contributed by atoms with E-state index in [9.17, 15) is 13.2 Å². The Balaban J connectivity index is 1.62. The van der Waals surface area contributed by atoms with Crippen LogP contribution in [-0.2, 0) is 21.2 Å². The molecule has 0 atom stereocenters. The molecule has 0 saturated heterocycles. The second kappa shape index (κ2) is 8.87. The van der Waals surface area contributed by atoms with Gasteiger partial charge in [0.05, 0.1) is 12.1 Å². The van der Waals surface area contributed by atoms with Gasteiger partial charge in [-0.15, -0.1) is 5.10 Å². The summed E-state index contributed by atoms with van der Waals surface area (Å²) in [5, 5.41) is 12.9. The van der Waals surface area contributed by atoms with Crippen molar-refractivity contribution in [2.24, 2.45) is 5.14 Å². The lowest BCUT2D eigenvalue weighted by molar-refractivity contribution is -0.115. The van der Waals surface area contributed by atoms with Crippen molar-refractivity contribution >= 4 is 33.2 Å². The van der Waals surface area contributed by atoms with Gasteiger partial charge < -0.3 is 5.32 Å². The number of aromatic nitrogens is 4. The Morgan fingerprint density at radius 1 is 1.12 bits per heavy atom. The summed E-state index contributed by atoms with van der Waals surface area (Å²) < 4.78 is 25.8. The fourth-order valence-electron chi connectivity index (χ4n) is 3.04. The molecule has 0 bridgehead atoms. The van der Waals surface area contributed by atoms with Gasteiger partial charge in [-0.2, -0.15) is 0 Å². The number of nitrogens with zero attached hydrogens (tertiary/aromatic N) is 4. The molecule has 2 heterocycles. The zero-order chi connectivity index (χ0) is 22.7. The van der Waals surface area contributed by atoms with Crippen molar-refractivity contribution in [3.8, 4) is 17.1 Å². The van der Waals surface area contributed by atoms with Gasteiger partial charge in [-0.25, -0.2) is 23.2 Å². The average Bonchev–Trinajstić information content (AvgIpc) is 3.25. The van der Waals surface area contributed by atoms with Crippen LogP contribution in [0.3, 0.4) is 0 Å². The van der Waals surface area contributed by atoms with Gasteiger partial charge in [-0.05, 0) is 42.0 Å². The number of halogens is 1. The molecule has 9 nitrogen and oxygen atoms in total. The summed E-state index contributed by atoms with van der Waals surface area (Å²) >= 11 is 6.10. The van der Waals surface area contributed by atoms with Gasteiger partial charge in [-0.1, -0.05) is 29.8 Å². The Labute approximate surface area is 188 Å². The topological polar surface area (TPSA) is 133 Å². The van der Waals surface area contributed by atoms with Crippen LogP contribution in [0.5, 0.6) is 0 Å². The number of hydrogen-bond donors (Lipinski definition) is 2. The lowest BCUT2D eigenvalue weighted by atomic mass is 10.1. The highest BCUT2D eigenvalue weighted by atomic mass is 35.5. The minimum Gasteiger partial charge on any atom is -0.326 e. The highest BCUT2D eigenvalue weighted by Gasteiger charge is 2.19. The fraction of sp³-hybridized carbons (Fsp3) is 0.0476. The lowest BCUT2D eigenvalue weighted by Gasteiger charge is -2.11. The number of amides is 1. The van der Waals surface area contributed by atoms with Crippen LogP contribution >= 0.6 is 11.6 Å². The first-order valence-electron chi connectivity index (χ1n) is 9.34.